The second kappa shape index (κ2) is 10.7. The average Bonchev–Trinajstić information content (AvgIpc) is 2.52. The lowest BCUT2D eigenvalue weighted by molar-refractivity contribution is -0.140. The number of hydrogen-bond acceptors (Lipinski definition) is 4. The Morgan fingerprint density at radius 2 is 1.46 bits per heavy atom. The highest BCUT2D eigenvalue weighted by atomic mass is 28.4. The van der Waals surface area contributed by atoms with E-state index < -0.39 is 22.6 Å². The molecule has 0 saturated carbocycles. The third kappa shape index (κ3) is 5.41. The maximum Gasteiger partial charge on any atom is 0.402 e. The van der Waals surface area contributed by atoms with Crippen LogP contribution in [-0.4, -0.2) is 36.8 Å². The van der Waals surface area contributed by atoms with Crippen molar-refractivity contribution in [1.82, 2.24) is 0 Å². The summed E-state index contributed by atoms with van der Waals surface area (Å²) in [4.78, 5) is 13.3. The van der Waals surface area contributed by atoms with E-state index >= 15 is 0 Å². The minimum Gasteiger partial charge on any atom is -0.518 e. The van der Waals surface area contributed by atoms with Crippen LogP contribution in [0.5, 0.6) is 0 Å². The molecule has 6 heteroatoms. The Kier molecular flexibility index (Phi) is 10.7. The Bertz CT molecular complexity index is 360. The predicted molar refractivity (Wildman–Crippen MR) is 105 cm³/mol. The summed E-state index contributed by atoms with van der Waals surface area (Å²) in [7, 11) is -3.90. The Hall–Kier alpha value is -0.176. The SMILES string of the molecule is CCC[Si](OC(=O)C(C)(CC)[Si](OCC)OCC)(C(C)C)C(C)C. The fourth-order valence-electron chi connectivity index (χ4n) is 3.20. The molecule has 0 aliphatic heterocycles. The molecule has 1 radical (unpaired) electrons. The zero-order valence-corrected chi connectivity index (χ0v) is 19.3. The van der Waals surface area contributed by atoms with Crippen molar-refractivity contribution in [2.24, 2.45) is 0 Å². The van der Waals surface area contributed by atoms with Crippen LogP contribution in [0, 0.1) is 0 Å². The van der Waals surface area contributed by atoms with E-state index in [1.165, 1.54) is 0 Å². The molecule has 0 aromatic heterocycles. The van der Waals surface area contributed by atoms with Crippen LogP contribution in [0.1, 0.15) is 75.2 Å². The fraction of sp³-hybridized carbons (Fsp3) is 0.944. The van der Waals surface area contributed by atoms with Crippen molar-refractivity contribution < 1.29 is 18.1 Å². The Labute approximate surface area is 152 Å². The van der Waals surface area contributed by atoms with Gasteiger partial charge in [-0.3, -0.25) is 4.79 Å². The van der Waals surface area contributed by atoms with Gasteiger partial charge in [0.2, 0.25) is 0 Å². The van der Waals surface area contributed by atoms with E-state index in [2.05, 4.69) is 34.6 Å². The van der Waals surface area contributed by atoms with Gasteiger partial charge in [-0.1, -0.05) is 48.0 Å². The van der Waals surface area contributed by atoms with Crippen molar-refractivity contribution in [3.63, 3.8) is 0 Å². The van der Waals surface area contributed by atoms with Crippen molar-refractivity contribution in [3.8, 4) is 0 Å². The topological polar surface area (TPSA) is 44.8 Å². The first-order chi connectivity index (χ1) is 11.2. The molecule has 143 valence electrons. The van der Waals surface area contributed by atoms with Crippen LogP contribution >= 0.6 is 0 Å². The summed E-state index contributed by atoms with van der Waals surface area (Å²) in [5.41, 5.74) is 0.801. The highest BCUT2D eigenvalue weighted by Gasteiger charge is 2.52. The molecular formula is C18H39O4Si2. The van der Waals surface area contributed by atoms with Crippen molar-refractivity contribution in [2.45, 2.75) is 97.3 Å². The third-order valence-corrected chi connectivity index (χ3v) is 13.4. The summed E-state index contributed by atoms with van der Waals surface area (Å²) >= 11 is 0. The molecule has 1 unspecified atom stereocenters. The van der Waals surface area contributed by atoms with Gasteiger partial charge in [0.05, 0.1) is 0 Å². The van der Waals surface area contributed by atoms with Gasteiger partial charge in [0, 0.05) is 13.2 Å². The van der Waals surface area contributed by atoms with Gasteiger partial charge >= 0.3 is 9.28 Å². The fourth-order valence-corrected chi connectivity index (χ4v) is 9.47. The lowest BCUT2D eigenvalue weighted by atomic mass is 10.1. The molecule has 0 N–H and O–H groups in total. The van der Waals surface area contributed by atoms with Crippen molar-refractivity contribution >= 4 is 23.6 Å². The number of rotatable bonds is 12. The summed E-state index contributed by atoms with van der Waals surface area (Å²) < 4.78 is 18.1. The number of carbonyl (C=O) groups is 1. The average molecular weight is 376 g/mol. The first-order valence-corrected chi connectivity index (χ1v) is 13.1. The summed E-state index contributed by atoms with van der Waals surface area (Å²) in [6.45, 7) is 20.0. The van der Waals surface area contributed by atoms with Crippen LogP contribution in [0.3, 0.4) is 0 Å². The van der Waals surface area contributed by atoms with Crippen LogP contribution in [0.2, 0.25) is 22.2 Å². The van der Waals surface area contributed by atoms with Gasteiger partial charge in [-0.05, 0) is 44.3 Å². The zero-order valence-electron chi connectivity index (χ0n) is 17.3. The van der Waals surface area contributed by atoms with E-state index in [0.717, 1.165) is 12.5 Å². The van der Waals surface area contributed by atoms with Crippen LogP contribution in [0.4, 0.5) is 0 Å². The van der Waals surface area contributed by atoms with Crippen molar-refractivity contribution in [2.75, 3.05) is 13.2 Å². The molecule has 0 spiro atoms. The standard InChI is InChI=1S/C18H39O4Si2/c1-10-14-24(15(5)6,16(7)8)22-17(19)18(9,11-2)23(20-12-3)21-13-4/h15-16H,10-14H2,1-9H3. The van der Waals surface area contributed by atoms with E-state index in [9.17, 15) is 4.79 Å². The summed E-state index contributed by atoms with van der Waals surface area (Å²) in [5, 5.41) is -0.674. The number of hydrogen-bond donors (Lipinski definition) is 0. The molecule has 0 bridgehead atoms. The van der Waals surface area contributed by atoms with Crippen LogP contribution < -0.4 is 0 Å². The minimum atomic E-state index is -2.18. The molecule has 0 saturated heterocycles. The summed E-state index contributed by atoms with van der Waals surface area (Å²) in [6, 6.07) is 1.01. The molecule has 4 nitrogen and oxygen atoms in total. The summed E-state index contributed by atoms with van der Waals surface area (Å²) in [6.07, 6.45) is 1.72. The van der Waals surface area contributed by atoms with Gasteiger partial charge in [0.25, 0.3) is 14.3 Å². The van der Waals surface area contributed by atoms with Gasteiger partial charge in [0.1, 0.15) is 5.04 Å². The van der Waals surface area contributed by atoms with Gasteiger partial charge in [-0.25, -0.2) is 0 Å². The van der Waals surface area contributed by atoms with Crippen molar-refractivity contribution in [3.05, 3.63) is 0 Å². The highest BCUT2D eigenvalue weighted by molar-refractivity contribution is 6.78. The van der Waals surface area contributed by atoms with E-state index in [1.807, 2.05) is 27.7 Å². The van der Waals surface area contributed by atoms with Crippen LogP contribution in [0.25, 0.3) is 0 Å². The second-order valence-corrected chi connectivity index (χ2v) is 14.4. The number of carbonyl (C=O) groups excluding carboxylic acids is 1. The summed E-state index contributed by atoms with van der Waals surface area (Å²) in [5.74, 6) is -0.108. The molecule has 0 fully saturated rings. The zero-order chi connectivity index (χ0) is 19.0. The molecule has 0 aliphatic carbocycles. The van der Waals surface area contributed by atoms with Crippen LogP contribution in [-0.2, 0) is 18.1 Å². The first kappa shape index (κ1) is 23.8. The smallest absolute Gasteiger partial charge is 0.402 e. The Morgan fingerprint density at radius 1 is 1.00 bits per heavy atom. The van der Waals surface area contributed by atoms with Gasteiger partial charge in [-0.15, -0.1) is 0 Å². The highest BCUT2D eigenvalue weighted by Crippen LogP contribution is 2.43. The maximum absolute atomic E-state index is 13.3. The molecule has 0 heterocycles. The predicted octanol–water partition coefficient (Wildman–Crippen LogP) is 5.44. The minimum absolute atomic E-state index is 0.108. The quantitative estimate of drug-likeness (QED) is 0.426. The van der Waals surface area contributed by atoms with E-state index in [4.69, 9.17) is 13.3 Å². The van der Waals surface area contributed by atoms with Gasteiger partial charge < -0.3 is 13.3 Å². The molecular weight excluding hydrogens is 336 g/mol. The molecule has 0 aromatic carbocycles. The van der Waals surface area contributed by atoms with Gasteiger partial charge in [-0.2, -0.15) is 0 Å². The first-order valence-electron chi connectivity index (χ1n) is 9.52. The molecule has 24 heavy (non-hydrogen) atoms. The lowest BCUT2D eigenvalue weighted by Gasteiger charge is -2.41. The Balaban J connectivity index is 5.64. The monoisotopic (exact) mass is 375 g/mol. The van der Waals surface area contributed by atoms with E-state index in [1.54, 1.807) is 0 Å². The molecule has 1 atom stereocenters. The third-order valence-electron chi connectivity index (χ3n) is 5.04. The van der Waals surface area contributed by atoms with Gasteiger partial charge in [0.15, 0.2) is 0 Å². The molecule has 0 aromatic rings. The second-order valence-electron chi connectivity index (χ2n) is 7.24. The van der Waals surface area contributed by atoms with E-state index in [-0.39, 0.29) is 5.97 Å². The lowest BCUT2D eigenvalue weighted by Crippen LogP contribution is -2.51. The molecule has 0 rings (SSSR count). The van der Waals surface area contributed by atoms with Crippen LogP contribution in [0.15, 0.2) is 0 Å². The largest absolute Gasteiger partial charge is 0.518 e. The maximum atomic E-state index is 13.3. The normalized spacial score (nSPS) is 15.2. The van der Waals surface area contributed by atoms with E-state index in [0.29, 0.717) is 30.7 Å². The molecule has 0 amide bonds. The van der Waals surface area contributed by atoms with Crippen molar-refractivity contribution in [1.29, 1.82) is 0 Å². The molecule has 0 aliphatic rings. The Morgan fingerprint density at radius 3 is 1.75 bits per heavy atom.